The Morgan fingerprint density at radius 2 is 2.14 bits per heavy atom. The van der Waals surface area contributed by atoms with Gasteiger partial charge in [-0.05, 0) is 25.0 Å². The van der Waals surface area contributed by atoms with E-state index in [1.165, 1.54) is 0 Å². The van der Waals surface area contributed by atoms with E-state index < -0.39 is 17.9 Å². The lowest BCUT2D eigenvalue weighted by molar-refractivity contribution is -0.311. The van der Waals surface area contributed by atoms with Gasteiger partial charge in [0, 0.05) is 6.08 Å². The number of thiocarbonyl (C=S) groups is 1. The normalized spacial score (nSPS) is 18.9. The summed E-state index contributed by atoms with van der Waals surface area (Å²) in [6, 6.07) is 2.45. The van der Waals surface area contributed by atoms with Crippen LogP contribution in [0.5, 0.6) is 0 Å². The van der Waals surface area contributed by atoms with E-state index >= 15 is 0 Å². The van der Waals surface area contributed by atoms with Gasteiger partial charge in [-0.3, -0.25) is 9.69 Å². The Bertz CT molecular complexity index is 633. The molecule has 1 aliphatic heterocycles. The second-order valence-electron chi connectivity index (χ2n) is 5.01. The van der Waals surface area contributed by atoms with Crippen molar-refractivity contribution in [3.63, 3.8) is 0 Å². The number of thioether (sulfide) groups is 1. The highest BCUT2D eigenvalue weighted by atomic mass is 32.2. The van der Waals surface area contributed by atoms with Gasteiger partial charge < -0.3 is 14.3 Å². The minimum atomic E-state index is -1.31. The highest BCUT2D eigenvalue weighted by Crippen LogP contribution is 2.35. The zero-order chi connectivity index (χ0) is 15.7. The first-order valence-corrected chi connectivity index (χ1v) is 7.58. The molecule has 0 bridgehead atoms. The molecule has 0 saturated carbocycles. The lowest BCUT2D eigenvalue weighted by Crippen LogP contribution is -2.52. The molecule has 7 heteroatoms. The van der Waals surface area contributed by atoms with Crippen LogP contribution in [0.3, 0.4) is 0 Å². The number of carbonyl (C=O) groups is 2. The molecule has 1 saturated heterocycles. The van der Waals surface area contributed by atoms with E-state index in [9.17, 15) is 14.7 Å². The molecule has 1 fully saturated rings. The third-order valence-corrected chi connectivity index (χ3v) is 4.34. The first-order chi connectivity index (χ1) is 9.81. The fraction of sp³-hybridized carbons (Fsp3) is 0.357. The van der Waals surface area contributed by atoms with Crippen LogP contribution in [-0.4, -0.2) is 27.1 Å². The van der Waals surface area contributed by atoms with Crippen LogP contribution >= 0.6 is 24.0 Å². The summed E-state index contributed by atoms with van der Waals surface area (Å²) in [4.78, 5) is 25.1. The van der Waals surface area contributed by atoms with Gasteiger partial charge in [0.15, 0.2) is 0 Å². The lowest BCUT2D eigenvalue weighted by atomic mass is 10.0. The largest absolute Gasteiger partial charge is 0.548 e. The van der Waals surface area contributed by atoms with Crippen molar-refractivity contribution in [2.45, 2.75) is 26.8 Å². The summed E-state index contributed by atoms with van der Waals surface area (Å²) >= 11 is 6.20. The topological polar surface area (TPSA) is 73.6 Å². The lowest BCUT2D eigenvalue weighted by Gasteiger charge is -2.30. The van der Waals surface area contributed by atoms with E-state index in [4.69, 9.17) is 16.6 Å². The molecular formula is C14H14NO4S2-. The molecular weight excluding hydrogens is 310 g/mol. The summed E-state index contributed by atoms with van der Waals surface area (Å²) in [6.45, 7) is 5.21. The van der Waals surface area contributed by atoms with Gasteiger partial charge >= 0.3 is 0 Å². The van der Waals surface area contributed by atoms with Gasteiger partial charge in [0.1, 0.15) is 15.8 Å². The van der Waals surface area contributed by atoms with Crippen molar-refractivity contribution in [2.75, 3.05) is 0 Å². The van der Waals surface area contributed by atoms with Crippen molar-refractivity contribution in [1.29, 1.82) is 0 Å². The van der Waals surface area contributed by atoms with Crippen molar-refractivity contribution in [3.8, 4) is 0 Å². The number of hydrogen-bond acceptors (Lipinski definition) is 6. The average molecular weight is 324 g/mol. The van der Waals surface area contributed by atoms with Gasteiger partial charge in [-0.2, -0.15) is 0 Å². The quantitative estimate of drug-likeness (QED) is 0.618. The molecule has 112 valence electrons. The molecule has 2 heterocycles. The van der Waals surface area contributed by atoms with Gasteiger partial charge in [0.2, 0.25) is 0 Å². The van der Waals surface area contributed by atoms with Crippen molar-refractivity contribution >= 4 is 46.3 Å². The van der Waals surface area contributed by atoms with Gasteiger partial charge in [0.25, 0.3) is 5.91 Å². The predicted molar refractivity (Wildman–Crippen MR) is 82.1 cm³/mol. The van der Waals surface area contributed by atoms with Crippen molar-refractivity contribution < 1.29 is 19.1 Å². The summed E-state index contributed by atoms with van der Waals surface area (Å²) in [7, 11) is 0. The fourth-order valence-corrected chi connectivity index (χ4v) is 3.37. The van der Waals surface area contributed by atoms with E-state index in [0.29, 0.717) is 10.7 Å². The van der Waals surface area contributed by atoms with Gasteiger partial charge in [-0.15, -0.1) is 0 Å². The Morgan fingerprint density at radius 1 is 1.48 bits per heavy atom. The van der Waals surface area contributed by atoms with Crippen LogP contribution in [0.4, 0.5) is 0 Å². The monoisotopic (exact) mass is 324 g/mol. The summed E-state index contributed by atoms with van der Waals surface area (Å²) < 4.78 is 5.61. The zero-order valence-electron chi connectivity index (χ0n) is 11.8. The third kappa shape index (κ3) is 3.19. The molecule has 1 aromatic rings. The van der Waals surface area contributed by atoms with Crippen LogP contribution in [0.1, 0.15) is 25.4 Å². The van der Waals surface area contributed by atoms with Gasteiger partial charge in [-0.25, -0.2) is 0 Å². The molecule has 0 aliphatic carbocycles. The molecule has 0 N–H and O–H groups in total. The summed E-state index contributed by atoms with van der Waals surface area (Å²) in [5.41, 5.74) is 0. The Hall–Kier alpha value is -1.60. The second-order valence-corrected chi connectivity index (χ2v) is 6.68. The number of carbonyl (C=O) groups excluding carboxylic acids is 2. The predicted octanol–water partition coefficient (Wildman–Crippen LogP) is 1.56. The second kappa shape index (κ2) is 6.03. The molecule has 1 aliphatic rings. The van der Waals surface area contributed by atoms with Crippen molar-refractivity contribution in [3.05, 3.63) is 28.6 Å². The number of aryl methyl sites for hydroxylation is 1. The first kappa shape index (κ1) is 15.8. The van der Waals surface area contributed by atoms with Crippen LogP contribution in [0.15, 0.2) is 21.5 Å². The molecule has 1 atom stereocenters. The number of aliphatic carboxylic acids is 1. The Labute approximate surface area is 132 Å². The summed E-state index contributed by atoms with van der Waals surface area (Å²) in [5, 5.41) is 11.3. The highest BCUT2D eigenvalue weighted by Gasteiger charge is 2.39. The summed E-state index contributed by atoms with van der Waals surface area (Å²) in [5.74, 6) is -0.782. The van der Waals surface area contributed by atoms with Crippen LogP contribution < -0.4 is 5.11 Å². The first-order valence-electron chi connectivity index (χ1n) is 6.35. The SMILES string of the molecule is Cc1ccc(/C=C2/SC(=S)N([C@@H](C(=O)[O-])C(C)C)C2=O)o1. The number of furan rings is 1. The molecule has 21 heavy (non-hydrogen) atoms. The number of rotatable bonds is 4. The van der Waals surface area contributed by atoms with E-state index in [-0.39, 0.29) is 10.2 Å². The molecule has 1 amide bonds. The molecule has 0 radical (unpaired) electrons. The molecule has 0 spiro atoms. The minimum Gasteiger partial charge on any atom is -0.548 e. The third-order valence-electron chi connectivity index (χ3n) is 3.01. The van der Waals surface area contributed by atoms with E-state index in [1.807, 2.05) is 0 Å². The highest BCUT2D eigenvalue weighted by molar-refractivity contribution is 8.26. The molecule has 2 rings (SSSR count). The van der Waals surface area contributed by atoms with E-state index in [2.05, 4.69) is 0 Å². The summed E-state index contributed by atoms with van der Waals surface area (Å²) in [6.07, 6.45) is 1.57. The van der Waals surface area contributed by atoms with Crippen molar-refractivity contribution in [2.24, 2.45) is 5.92 Å². The number of carboxylic acids is 1. The Balaban J connectivity index is 2.32. The number of carboxylic acid groups (broad SMARTS) is 1. The molecule has 0 aromatic carbocycles. The van der Waals surface area contributed by atoms with Gasteiger partial charge in [-0.1, -0.05) is 37.8 Å². The van der Waals surface area contributed by atoms with Crippen LogP contribution in [0, 0.1) is 12.8 Å². The molecule has 0 unspecified atom stereocenters. The zero-order valence-corrected chi connectivity index (χ0v) is 13.4. The number of hydrogen-bond donors (Lipinski definition) is 0. The maximum atomic E-state index is 12.4. The van der Waals surface area contributed by atoms with Crippen LogP contribution in [0.2, 0.25) is 0 Å². The smallest absolute Gasteiger partial charge is 0.266 e. The average Bonchev–Trinajstić information content (AvgIpc) is 2.88. The molecule has 5 nitrogen and oxygen atoms in total. The fourth-order valence-electron chi connectivity index (χ4n) is 2.06. The molecule has 1 aromatic heterocycles. The Kier molecular flexibility index (Phi) is 4.53. The van der Waals surface area contributed by atoms with Crippen LogP contribution in [-0.2, 0) is 9.59 Å². The van der Waals surface area contributed by atoms with E-state index in [0.717, 1.165) is 22.4 Å². The van der Waals surface area contributed by atoms with E-state index in [1.54, 1.807) is 39.0 Å². The number of amides is 1. The van der Waals surface area contributed by atoms with Crippen molar-refractivity contribution in [1.82, 2.24) is 4.90 Å². The Morgan fingerprint density at radius 3 is 2.62 bits per heavy atom. The maximum absolute atomic E-state index is 12.4. The number of nitrogens with zero attached hydrogens (tertiary/aromatic N) is 1. The van der Waals surface area contributed by atoms with Gasteiger partial charge in [0.05, 0.1) is 16.9 Å². The maximum Gasteiger partial charge on any atom is 0.266 e. The van der Waals surface area contributed by atoms with Crippen LogP contribution in [0.25, 0.3) is 6.08 Å². The minimum absolute atomic E-state index is 0.220. The standard InChI is InChI=1S/C14H15NO4S2/c1-7(2)11(13(17)18)15-12(16)10(21-14(15)20)6-9-5-4-8(3)19-9/h4-7,11H,1-3H3,(H,17,18)/p-1/b10-6+/t11-/m1/s1.